The maximum atomic E-state index is 6.49. The quantitative estimate of drug-likeness (QED) is 0.143. The van der Waals surface area contributed by atoms with Gasteiger partial charge in [0.1, 0.15) is 0 Å². The Kier molecular flexibility index (Phi) is 9.46. The number of rotatable bonds is 8. The van der Waals surface area contributed by atoms with Crippen LogP contribution in [0, 0.1) is 12.1 Å². The number of fused-ring (bicyclic) bond motifs is 7. The van der Waals surface area contributed by atoms with E-state index in [1.165, 1.54) is 33.6 Å². The molecular weight excluding hydrogens is 860 g/mol. The smallest absolute Gasteiger partial charge is 0.500 e. The van der Waals surface area contributed by atoms with Gasteiger partial charge in [0, 0.05) is 36.2 Å². The van der Waals surface area contributed by atoms with Crippen molar-refractivity contribution < 1.29 is 29.9 Å². The molecule has 0 N–H and O–H groups in total. The summed E-state index contributed by atoms with van der Waals surface area (Å²) in [5, 5.41) is 3.69. The van der Waals surface area contributed by atoms with E-state index < -0.39 is 0 Å². The van der Waals surface area contributed by atoms with Gasteiger partial charge in [0.05, 0.1) is 34.0 Å². The minimum absolute atomic E-state index is 0. The zero-order valence-electron chi connectivity index (χ0n) is 32.5. The molecule has 0 radical (unpaired) electrons. The van der Waals surface area contributed by atoms with E-state index in [1.807, 2.05) is 36.7 Å². The first kappa shape index (κ1) is 36.8. The van der Waals surface area contributed by atoms with Crippen molar-refractivity contribution in [2.75, 3.05) is 0 Å². The van der Waals surface area contributed by atoms with Gasteiger partial charge in [0.15, 0.2) is 0 Å². The maximum Gasteiger partial charge on any atom is 2.00 e. The summed E-state index contributed by atoms with van der Waals surface area (Å²) < 4.78 is 17.4. The number of imidazole rings is 2. The third-order valence-electron chi connectivity index (χ3n) is 10.8. The van der Waals surface area contributed by atoms with Crippen molar-refractivity contribution in [1.82, 2.24) is 19.1 Å². The van der Waals surface area contributed by atoms with E-state index in [9.17, 15) is 0 Å². The molecule has 5 aromatic carbocycles. The summed E-state index contributed by atoms with van der Waals surface area (Å²) in [4.78, 5) is 9.82. The van der Waals surface area contributed by atoms with E-state index in [2.05, 4.69) is 138 Å². The molecule has 4 heterocycles. The SMILES string of the molecule is CC(C)c1cccc(C(C)C)c1-n1ccnc1-c1[c-]c2c(cc1)oc1ccc3oc4ccc(-c5nccn5-c5c(C(C)C)cccc5C(C)C)[c-]c4c3c12.[Pt+2]. The van der Waals surface area contributed by atoms with Crippen molar-refractivity contribution >= 4 is 43.9 Å². The first-order chi connectivity index (χ1) is 26.1. The maximum absolute atomic E-state index is 6.49. The molecular formula is C48H44N4O2Pt. The van der Waals surface area contributed by atoms with Crippen molar-refractivity contribution in [3.63, 3.8) is 0 Å². The van der Waals surface area contributed by atoms with E-state index in [0.29, 0.717) is 23.7 Å². The molecule has 0 atom stereocenters. The standard InChI is InChI=1S/C48H44N4O2.Pt/c1-27(2)33-11-9-12-34(28(3)4)45(33)51-23-21-49-47(51)31-15-17-39-37(25-31)43-41(53-39)19-20-42-44(43)38-26-32(16-18-40(38)54-42)48-50-22-24-52(48)46-35(29(5)6)13-10-14-36(46)30(7)8;/h9-24,27-30H,1-8H3;/q-2;+2. The van der Waals surface area contributed by atoms with E-state index in [-0.39, 0.29) is 21.1 Å². The van der Waals surface area contributed by atoms with Gasteiger partial charge >= 0.3 is 21.1 Å². The van der Waals surface area contributed by atoms with Gasteiger partial charge in [0.2, 0.25) is 0 Å². The van der Waals surface area contributed by atoms with Crippen LogP contribution in [0.15, 0.2) is 106 Å². The first-order valence-electron chi connectivity index (χ1n) is 19.1. The molecule has 0 spiro atoms. The monoisotopic (exact) mass is 903 g/mol. The van der Waals surface area contributed by atoms with Gasteiger partial charge in [-0.2, -0.15) is 0 Å². The Morgan fingerprint density at radius 2 is 0.818 bits per heavy atom. The van der Waals surface area contributed by atoms with Gasteiger partial charge in [0.25, 0.3) is 0 Å². The number of furan rings is 2. The van der Waals surface area contributed by atoms with Crippen LogP contribution in [-0.2, 0) is 21.1 Å². The van der Waals surface area contributed by atoms with Crippen molar-refractivity contribution in [3.05, 3.63) is 132 Å². The third kappa shape index (κ3) is 5.97. The molecule has 0 aliphatic rings. The van der Waals surface area contributed by atoms with Crippen LogP contribution in [0.1, 0.15) is 101 Å². The van der Waals surface area contributed by atoms with Crippen LogP contribution in [0.2, 0.25) is 0 Å². The predicted octanol–water partition coefficient (Wildman–Crippen LogP) is 13.3. The van der Waals surface area contributed by atoms with Gasteiger partial charge in [-0.25, -0.2) is 0 Å². The molecule has 0 amide bonds. The molecule has 6 nitrogen and oxygen atoms in total. The Bertz CT molecular complexity index is 2620. The largest absolute Gasteiger partial charge is 2.00 e. The number of benzene rings is 5. The van der Waals surface area contributed by atoms with E-state index in [1.54, 1.807) is 0 Å². The fraction of sp³-hybridized carbons (Fsp3) is 0.250. The molecule has 0 saturated carbocycles. The number of nitrogens with zero attached hydrogens (tertiary/aromatic N) is 4. The summed E-state index contributed by atoms with van der Waals surface area (Å²) >= 11 is 0. The van der Waals surface area contributed by atoms with Crippen LogP contribution in [0.4, 0.5) is 0 Å². The molecule has 7 heteroatoms. The molecule has 4 aromatic heterocycles. The molecule has 9 rings (SSSR count). The Morgan fingerprint density at radius 3 is 1.16 bits per heavy atom. The van der Waals surface area contributed by atoms with Gasteiger partial charge in [-0.05, 0) is 58.1 Å². The van der Waals surface area contributed by atoms with Crippen molar-refractivity contribution in [2.24, 2.45) is 0 Å². The summed E-state index contributed by atoms with van der Waals surface area (Å²) in [6.07, 6.45) is 7.90. The minimum Gasteiger partial charge on any atom is -0.500 e. The second-order valence-corrected chi connectivity index (χ2v) is 15.7. The number of hydrogen-bond donors (Lipinski definition) is 0. The fourth-order valence-corrected chi connectivity index (χ4v) is 8.18. The van der Waals surface area contributed by atoms with Crippen molar-refractivity contribution in [3.8, 4) is 34.2 Å². The fourth-order valence-electron chi connectivity index (χ4n) is 8.18. The van der Waals surface area contributed by atoms with Crippen molar-refractivity contribution in [2.45, 2.75) is 79.1 Å². The van der Waals surface area contributed by atoms with E-state index in [0.717, 1.165) is 66.7 Å². The summed E-state index contributed by atoms with van der Waals surface area (Å²) in [7, 11) is 0. The molecule has 278 valence electrons. The number of hydrogen-bond acceptors (Lipinski definition) is 4. The second kappa shape index (κ2) is 14.1. The van der Waals surface area contributed by atoms with Gasteiger partial charge < -0.3 is 18.0 Å². The van der Waals surface area contributed by atoms with Crippen LogP contribution in [0.25, 0.3) is 78.0 Å². The van der Waals surface area contributed by atoms with Crippen LogP contribution in [0.5, 0.6) is 0 Å². The third-order valence-corrected chi connectivity index (χ3v) is 10.8. The summed E-state index contributed by atoms with van der Waals surface area (Å²) in [6.45, 7) is 18.0. The first-order valence-corrected chi connectivity index (χ1v) is 19.1. The second-order valence-electron chi connectivity index (χ2n) is 15.7. The topological polar surface area (TPSA) is 61.9 Å². The van der Waals surface area contributed by atoms with Crippen LogP contribution in [-0.4, -0.2) is 19.1 Å². The summed E-state index contributed by atoms with van der Waals surface area (Å²) in [6, 6.07) is 33.0. The molecule has 0 aliphatic carbocycles. The number of aromatic nitrogens is 4. The molecule has 0 aliphatic heterocycles. The van der Waals surface area contributed by atoms with Gasteiger partial charge in [-0.1, -0.05) is 137 Å². The molecule has 0 fully saturated rings. The predicted molar refractivity (Wildman–Crippen MR) is 220 cm³/mol. The van der Waals surface area contributed by atoms with Crippen LogP contribution < -0.4 is 0 Å². The molecule has 0 saturated heterocycles. The zero-order chi connectivity index (χ0) is 37.4. The average Bonchev–Trinajstić information content (AvgIpc) is 3.97. The Morgan fingerprint density at radius 1 is 0.473 bits per heavy atom. The summed E-state index contributed by atoms with van der Waals surface area (Å²) in [5.74, 6) is 3.08. The van der Waals surface area contributed by atoms with Gasteiger partial charge in [-0.15, -0.1) is 24.3 Å². The van der Waals surface area contributed by atoms with Crippen LogP contribution in [0.3, 0.4) is 0 Å². The molecule has 9 aromatic rings. The molecule has 0 bridgehead atoms. The van der Waals surface area contributed by atoms with Gasteiger partial charge in [-0.3, -0.25) is 9.97 Å². The summed E-state index contributed by atoms with van der Waals surface area (Å²) in [5.41, 5.74) is 12.4. The number of para-hydroxylation sites is 2. The zero-order valence-corrected chi connectivity index (χ0v) is 34.7. The average molecular weight is 904 g/mol. The Labute approximate surface area is 336 Å². The Hall–Kier alpha value is -5.19. The van der Waals surface area contributed by atoms with Crippen molar-refractivity contribution in [1.29, 1.82) is 0 Å². The molecule has 55 heavy (non-hydrogen) atoms. The van der Waals surface area contributed by atoms with E-state index >= 15 is 0 Å². The molecule has 0 unspecified atom stereocenters. The minimum atomic E-state index is 0. The van der Waals surface area contributed by atoms with E-state index in [4.69, 9.17) is 18.8 Å². The Balaban J connectivity index is 0.00000427. The normalized spacial score (nSPS) is 12.1. The van der Waals surface area contributed by atoms with Crippen LogP contribution >= 0.6 is 0 Å².